The topological polar surface area (TPSA) is 93.0 Å². The van der Waals surface area contributed by atoms with E-state index in [2.05, 4.69) is 5.32 Å². The monoisotopic (exact) mass is 367 g/mol. The summed E-state index contributed by atoms with van der Waals surface area (Å²) in [5.74, 6) is 0. The van der Waals surface area contributed by atoms with Crippen molar-refractivity contribution in [2.75, 3.05) is 6.61 Å². The van der Waals surface area contributed by atoms with Crippen LogP contribution in [0.25, 0.3) is 0 Å². The van der Waals surface area contributed by atoms with Gasteiger partial charge < -0.3 is 25.7 Å². The Morgan fingerprint density at radius 2 is 1.50 bits per heavy atom. The fraction of sp³-hybridized carbons (Fsp3) is 0.429. The Labute approximate surface area is 151 Å². The molecule has 128 valence electrons. The normalized spacial score (nSPS) is 26.8. The zero-order valence-corrected chi connectivity index (χ0v) is 15.0. The summed E-state index contributed by atoms with van der Waals surface area (Å²) in [6, 6.07) is 9.15. The second kappa shape index (κ2) is 11.4. The Hall–Kier alpha value is -0.190. The number of benzene rings is 1. The molecular formula is C14H25NO4S3. The minimum absolute atomic E-state index is 0. The van der Waals surface area contributed by atoms with Crippen molar-refractivity contribution in [3.8, 4) is 0 Å². The Morgan fingerprint density at radius 1 is 0.909 bits per heavy atom. The minimum atomic E-state index is -1.29. The van der Waals surface area contributed by atoms with Crippen molar-refractivity contribution in [3.63, 3.8) is 0 Å². The lowest BCUT2D eigenvalue weighted by Gasteiger charge is -2.34. The fourth-order valence-corrected chi connectivity index (χ4v) is 2.20. The molecule has 22 heavy (non-hydrogen) atoms. The summed E-state index contributed by atoms with van der Waals surface area (Å²) >= 11 is 0. The lowest BCUT2D eigenvalue weighted by atomic mass is 9.88. The first kappa shape index (κ1) is 24.1. The molecule has 5 N–H and O–H groups in total. The van der Waals surface area contributed by atoms with Gasteiger partial charge in [-0.3, -0.25) is 0 Å². The first-order valence-corrected chi connectivity index (χ1v) is 6.26. The summed E-state index contributed by atoms with van der Waals surface area (Å²) in [5, 5.41) is 41.5. The number of rotatable bonds is 4. The molecule has 5 nitrogen and oxygen atoms in total. The van der Waals surface area contributed by atoms with E-state index in [-0.39, 0.29) is 47.1 Å². The van der Waals surface area contributed by atoms with Crippen molar-refractivity contribution in [3.05, 3.63) is 47.5 Å². The smallest absolute Gasteiger partial charge is 0.111 e. The van der Waals surface area contributed by atoms with E-state index in [1.165, 1.54) is 0 Å². The van der Waals surface area contributed by atoms with Crippen LogP contribution < -0.4 is 5.32 Å². The maximum absolute atomic E-state index is 9.90. The van der Waals surface area contributed by atoms with Crippen molar-refractivity contribution in [2.24, 2.45) is 0 Å². The predicted octanol–water partition coefficient (Wildman–Crippen LogP) is -0.502. The maximum atomic E-state index is 9.90. The lowest BCUT2D eigenvalue weighted by molar-refractivity contribution is -0.0643. The molecule has 0 spiro atoms. The summed E-state index contributed by atoms with van der Waals surface area (Å²) < 4.78 is 0. The van der Waals surface area contributed by atoms with E-state index < -0.39 is 24.4 Å². The average Bonchev–Trinajstić information content (AvgIpc) is 2.45. The van der Waals surface area contributed by atoms with Gasteiger partial charge in [0.05, 0.1) is 12.6 Å². The molecule has 0 bridgehead atoms. The van der Waals surface area contributed by atoms with Crippen molar-refractivity contribution >= 4 is 40.5 Å². The molecule has 2 rings (SSSR count). The van der Waals surface area contributed by atoms with Crippen LogP contribution in [0.15, 0.2) is 42.0 Å². The summed E-state index contributed by atoms with van der Waals surface area (Å²) in [7, 11) is 0. The molecule has 1 aliphatic rings. The molecule has 0 aliphatic heterocycles. The van der Waals surface area contributed by atoms with Gasteiger partial charge in [0.25, 0.3) is 0 Å². The molecule has 0 radical (unpaired) electrons. The highest BCUT2D eigenvalue weighted by molar-refractivity contribution is 7.59. The molecular weight excluding hydrogens is 342 g/mol. The van der Waals surface area contributed by atoms with Crippen LogP contribution in [0.2, 0.25) is 0 Å². The summed E-state index contributed by atoms with van der Waals surface area (Å²) in [5.41, 5.74) is 1.37. The van der Waals surface area contributed by atoms with E-state index in [0.29, 0.717) is 12.1 Å². The number of aliphatic hydroxyl groups is 4. The third-order valence-corrected chi connectivity index (χ3v) is 3.38. The quantitative estimate of drug-likeness (QED) is 0.463. The summed E-state index contributed by atoms with van der Waals surface area (Å²) in [6.07, 6.45) is -2.03. The van der Waals surface area contributed by atoms with Gasteiger partial charge in [-0.2, -0.15) is 40.5 Å². The second-order valence-electron chi connectivity index (χ2n) is 4.72. The highest BCUT2D eigenvalue weighted by atomic mass is 32.1. The van der Waals surface area contributed by atoms with Crippen LogP contribution in [0.1, 0.15) is 5.56 Å². The molecule has 0 saturated carbocycles. The molecule has 1 aliphatic carbocycles. The van der Waals surface area contributed by atoms with Crippen LogP contribution in [0, 0.1) is 0 Å². The van der Waals surface area contributed by atoms with Crippen LogP contribution >= 0.6 is 40.5 Å². The number of aliphatic hydroxyl groups excluding tert-OH is 4. The first-order chi connectivity index (χ1) is 9.13. The van der Waals surface area contributed by atoms with Gasteiger partial charge in [0.1, 0.15) is 18.3 Å². The summed E-state index contributed by atoms with van der Waals surface area (Å²) in [6.45, 7) is 0.190. The molecule has 4 atom stereocenters. The van der Waals surface area contributed by atoms with Gasteiger partial charge in [0.2, 0.25) is 0 Å². The van der Waals surface area contributed by atoms with Crippen LogP contribution in [0.3, 0.4) is 0 Å². The number of nitrogens with one attached hydrogen (secondary N) is 1. The molecule has 0 fully saturated rings. The van der Waals surface area contributed by atoms with Crippen LogP contribution in [0.5, 0.6) is 0 Å². The SMILES string of the molecule is OCC1=C[C@H](NCc2ccccc2)[C@H](O)C(O)[C@@H]1O.S.S.S. The molecule has 1 unspecified atom stereocenters. The van der Waals surface area contributed by atoms with Crippen LogP contribution in [-0.2, 0) is 6.54 Å². The third-order valence-electron chi connectivity index (χ3n) is 3.38. The van der Waals surface area contributed by atoms with Crippen molar-refractivity contribution in [1.29, 1.82) is 0 Å². The molecule has 1 aromatic carbocycles. The van der Waals surface area contributed by atoms with E-state index in [1.807, 2.05) is 30.3 Å². The van der Waals surface area contributed by atoms with Gasteiger partial charge in [-0.1, -0.05) is 36.4 Å². The predicted molar refractivity (Wildman–Crippen MR) is 101 cm³/mol. The zero-order chi connectivity index (χ0) is 13.8. The maximum Gasteiger partial charge on any atom is 0.111 e. The number of hydrogen-bond donors (Lipinski definition) is 5. The lowest BCUT2D eigenvalue weighted by Crippen LogP contribution is -2.53. The van der Waals surface area contributed by atoms with Gasteiger partial charge in [-0.25, -0.2) is 0 Å². The van der Waals surface area contributed by atoms with Crippen LogP contribution in [-0.4, -0.2) is 51.4 Å². The van der Waals surface area contributed by atoms with E-state index in [9.17, 15) is 15.3 Å². The van der Waals surface area contributed by atoms with Gasteiger partial charge in [0.15, 0.2) is 0 Å². The Bertz CT molecular complexity index is 447. The van der Waals surface area contributed by atoms with Crippen molar-refractivity contribution in [1.82, 2.24) is 5.32 Å². The van der Waals surface area contributed by atoms with Crippen molar-refractivity contribution in [2.45, 2.75) is 30.9 Å². The van der Waals surface area contributed by atoms with Gasteiger partial charge in [-0.15, -0.1) is 0 Å². The van der Waals surface area contributed by atoms with Gasteiger partial charge in [0, 0.05) is 6.54 Å². The van der Waals surface area contributed by atoms with Crippen LogP contribution in [0.4, 0.5) is 0 Å². The van der Waals surface area contributed by atoms with E-state index in [4.69, 9.17) is 5.11 Å². The first-order valence-electron chi connectivity index (χ1n) is 6.26. The van der Waals surface area contributed by atoms with E-state index >= 15 is 0 Å². The third kappa shape index (κ3) is 5.78. The molecule has 1 aromatic rings. The standard InChI is InChI=1S/C14H19NO4.3H2S/c16-8-10-6-11(13(18)14(19)12(10)17)15-7-9-4-2-1-3-5-9;;;/h1-6,11-19H,7-8H2;3*1H2/t11-,12+,13-,14?;;;/m0.../s1. The molecule has 0 saturated heterocycles. The van der Waals surface area contributed by atoms with Gasteiger partial charge >= 0.3 is 0 Å². The van der Waals surface area contributed by atoms with E-state index in [0.717, 1.165) is 5.56 Å². The average molecular weight is 368 g/mol. The minimum Gasteiger partial charge on any atom is -0.392 e. The Balaban J connectivity index is 0. The second-order valence-corrected chi connectivity index (χ2v) is 4.72. The highest BCUT2D eigenvalue weighted by Crippen LogP contribution is 2.20. The molecule has 8 heteroatoms. The van der Waals surface area contributed by atoms with Crippen molar-refractivity contribution < 1.29 is 20.4 Å². The molecule has 0 aromatic heterocycles. The summed E-state index contributed by atoms with van der Waals surface area (Å²) in [4.78, 5) is 0. The zero-order valence-electron chi connectivity index (χ0n) is 12.0. The molecule has 0 heterocycles. The fourth-order valence-electron chi connectivity index (χ4n) is 2.20. The molecule has 0 amide bonds. The Kier molecular flexibility index (Phi) is 12.4. The van der Waals surface area contributed by atoms with E-state index in [1.54, 1.807) is 6.08 Å². The highest BCUT2D eigenvalue weighted by Gasteiger charge is 2.36. The van der Waals surface area contributed by atoms with Gasteiger partial charge in [-0.05, 0) is 11.1 Å². The number of hydrogen-bond acceptors (Lipinski definition) is 5. The Morgan fingerprint density at radius 3 is 2.05 bits per heavy atom. The largest absolute Gasteiger partial charge is 0.392 e.